The fourth-order valence-corrected chi connectivity index (χ4v) is 0.703. The lowest BCUT2D eigenvalue weighted by molar-refractivity contribution is -0.141. The summed E-state index contributed by atoms with van der Waals surface area (Å²) >= 11 is 0. The second-order valence-corrected chi connectivity index (χ2v) is 2.09. The highest BCUT2D eigenvalue weighted by molar-refractivity contribution is 5.31. The first-order chi connectivity index (χ1) is 5.95. The molecule has 0 aliphatic carbocycles. The van der Waals surface area contributed by atoms with Crippen LogP contribution in [0.2, 0.25) is 0 Å². The minimum Gasteiger partial charge on any atom is -0.301 e. The molecule has 4 nitrogen and oxygen atoms in total. The number of halogens is 3. The Hall–Kier alpha value is -1.84. The maximum atomic E-state index is 12.1. The molecule has 0 radical (unpaired) electrons. The number of nitriles is 1. The van der Waals surface area contributed by atoms with Crippen molar-refractivity contribution in [3.63, 3.8) is 0 Å². The lowest BCUT2D eigenvalue weighted by atomic mass is 10.2. The number of hydrogen-bond acceptors (Lipinski definition) is 3. The summed E-state index contributed by atoms with van der Waals surface area (Å²) in [7, 11) is 0. The van der Waals surface area contributed by atoms with Crippen molar-refractivity contribution in [3.05, 3.63) is 27.9 Å². The van der Waals surface area contributed by atoms with E-state index in [1.54, 1.807) is 0 Å². The molecule has 0 aliphatic rings. The fourth-order valence-electron chi connectivity index (χ4n) is 0.703. The summed E-state index contributed by atoms with van der Waals surface area (Å²) < 4.78 is 36.2. The highest BCUT2D eigenvalue weighted by Gasteiger charge is 2.35. The predicted molar refractivity (Wildman–Crippen MR) is 34.6 cm³/mol. The normalized spacial score (nSPS) is 10.9. The van der Waals surface area contributed by atoms with E-state index in [4.69, 9.17) is 5.26 Å². The summed E-state index contributed by atoms with van der Waals surface area (Å²) in [4.78, 5) is 14.9. The molecule has 0 saturated heterocycles. The van der Waals surface area contributed by atoms with Gasteiger partial charge in [0.1, 0.15) is 11.8 Å². The molecule has 1 rings (SSSR count). The lowest BCUT2D eigenvalue weighted by Crippen LogP contribution is -2.20. The number of aromatic nitrogens is 2. The van der Waals surface area contributed by atoms with E-state index in [9.17, 15) is 18.0 Å². The van der Waals surface area contributed by atoms with Crippen molar-refractivity contribution < 1.29 is 13.2 Å². The van der Waals surface area contributed by atoms with Crippen LogP contribution < -0.4 is 5.69 Å². The van der Waals surface area contributed by atoms with E-state index in [-0.39, 0.29) is 0 Å². The minimum absolute atomic E-state index is 0.585. The van der Waals surface area contributed by atoms with Gasteiger partial charge in [-0.15, -0.1) is 0 Å². The Kier molecular flexibility index (Phi) is 2.06. The molecule has 0 fully saturated rings. The zero-order chi connectivity index (χ0) is 10.1. The number of H-pyrrole nitrogens is 1. The van der Waals surface area contributed by atoms with Crippen LogP contribution in [0, 0.1) is 11.3 Å². The topological polar surface area (TPSA) is 69.5 Å². The van der Waals surface area contributed by atoms with Crippen LogP contribution in [0.5, 0.6) is 0 Å². The van der Waals surface area contributed by atoms with Crippen LogP contribution in [0.1, 0.15) is 11.3 Å². The summed E-state index contributed by atoms with van der Waals surface area (Å²) in [5.74, 6) is 0. The molecule has 1 heterocycles. The summed E-state index contributed by atoms with van der Waals surface area (Å²) in [5, 5.41) is 8.26. The van der Waals surface area contributed by atoms with Gasteiger partial charge in [0.15, 0.2) is 0 Å². The standard InChI is InChI=1S/C6H2F3N3O/c7-6(8,9)4-3(1-10)2-11-5(13)12-4/h2H,(H,11,12,13). The van der Waals surface area contributed by atoms with Gasteiger partial charge in [-0.2, -0.15) is 18.4 Å². The van der Waals surface area contributed by atoms with Gasteiger partial charge >= 0.3 is 11.9 Å². The summed E-state index contributed by atoms with van der Waals surface area (Å²) in [5.41, 5.74) is -3.20. The zero-order valence-corrected chi connectivity index (χ0v) is 6.01. The van der Waals surface area contributed by atoms with Gasteiger partial charge in [-0.25, -0.2) is 9.78 Å². The minimum atomic E-state index is -4.74. The van der Waals surface area contributed by atoms with E-state index in [1.165, 1.54) is 11.1 Å². The number of alkyl halides is 3. The summed E-state index contributed by atoms with van der Waals surface area (Å²) in [6, 6.07) is 1.28. The van der Waals surface area contributed by atoms with Crippen molar-refractivity contribution in [2.24, 2.45) is 0 Å². The highest BCUT2D eigenvalue weighted by Crippen LogP contribution is 2.28. The van der Waals surface area contributed by atoms with Crippen molar-refractivity contribution >= 4 is 0 Å². The van der Waals surface area contributed by atoms with Crippen LogP contribution in [0.15, 0.2) is 11.0 Å². The maximum absolute atomic E-state index is 12.1. The molecule has 68 valence electrons. The van der Waals surface area contributed by atoms with Crippen molar-refractivity contribution in [2.75, 3.05) is 0 Å². The molecule has 0 aliphatic heterocycles. The third-order valence-electron chi connectivity index (χ3n) is 1.22. The molecule has 7 heteroatoms. The SMILES string of the molecule is N#Cc1cnc(=O)[nH]c1C(F)(F)F. The van der Waals surface area contributed by atoms with E-state index < -0.39 is 23.1 Å². The first-order valence-electron chi connectivity index (χ1n) is 3.02. The smallest absolute Gasteiger partial charge is 0.301 e. The second kappa shape index (κ2) is 2.90. The van der Waals surface area contributed by atoms with Crippen molar-refractivity contribution in [1.29, 1.82) is 5.26 Å². The van der Waals surface area contributed by atoms with Gasteiger partial charge in [-0.3, -0.25) is 0 Å². The number of aromatic amines is 1. The molecule has 0 amide bonds. The average Bonchev–Trinajstić information content (AvgIpc) is 2.03. The van der Waals surface area contributed by atoms with Crippen LogP contribution in [0.25, 0.3) is 0 Å². The fraction of sp³-hybridized carbons (Fsp3) is 0.167. The first-order valence-corrected chi connectivity index (χ1v) is 3.02. The number of nitrogens with one attached hydrogen (secondary N) is 1. The van der Waals surface area contributed by atoms with Gasteiger partial charge in [-0.1, -0.05) is 0 Å². The Morgan fingerprint density at radius 2 is 2.15 bits per heavy atom. The molecule has 13 heavy (non-hydrogen) atoms. The molecule has 1 aromatic rings. The van der Waals surface area contributed by atoms with Crippen LogP contribution in [-0.4, -0.2) is 9.97 Å². The lowest BCUT2D eigenvalue weighted by Gasteiger charge is -2.05. The monoisotopic (exact) mass is 189 g/mol. The van der Waals surface area contributed by atoms with E-state index in [2.05, 4.69) is 4.98 Å². The molecular weight excluding hydrogens is 187 g/mol. The Labute approximate surface area is 69.7 Å². The second-order valence-electron chi connectivity index (χ2n) is 2.09. The number of hydrogen-bond donors (Lipinski definition) is 1. The van der Waals surface area contributed by atoms with Gasteiger partial charge in [0.05, 0.1) is 11.8 Å². The molecule has 0 atom stereocenters. The molecular formula is C6H2F3N3O. The molecule has 0 saturated carbocycles. The highest BCUT2D eigenvalue weighted by atomic mass is 19.4. The van der Waals surface area contributed by atoms with Crippen molar-refractivity contribution in [2.45, 2.75) is 6.18 Å². The molecule has 0 bridgehead atoms. The van der Waals surface area contributed by atoms with Crippen molar-refractivity contribution in [1.82, 2.24) is 9.97 Å². The third-order valence-corrected chi connectivity index (χ3v) is 1.22. The predicted octanol–water partition coefficient (Wildman–Crippen LogP) is 0.660. The Balaban J connectivity index is 3.44. The molecule has 1 N–H and O–H groups in total. The van der Waals surface area contributed by atoms with Gasteiger partial charge < -0.3 is 4.98 Å². The molecule has 0 unspecified atom stereocenters. The van der Waals surface area contributed by atoms with E-state index in [1.807, 2.05) is 0 Å². The zero-order valence-electron chi connectivity index (χ0n) is 6.01. The number of nitrogens with zero attached hydrogens (tertiary/aromatic N) is 2. The Morgan fingerprint density at radius 3 is 2.62 bits per heavy atom. The van der Waals surface area contributed by atoms with Gasteiger partial charge in [-0.05, 0) is 0 Å². The van der Waals surface area contributed by atoms with Gasteiger partial charge in [0.2, 0.25) is 0 Å². The van der Waals surface area contributed by atoms with Crippen LogP contribution in [0.4, 0.5) is 13.2 Å². The largest absolute Gasteiger partial charge is 0.432 e. The Bertz CT molecular complexity index is 414. The average molecular weight is 189 g/mol. The van der Waals surface area contributed by atoms with Crippen LogP contribution >= 0.6 is 0 Å². The number of rotatable bonds is 0. The van der Waals surface area contributed by atoms with Crippen molar-refractivity contribution in [3.8, 4) is 6.07 Å². The molecule has 0 aromatic carbocycles. The van der Waals surface area contributed by atoms with Gasteiger partial charge in [0.25, 0.3) is 0 Å². The van der Waals surface area contributed by atoms with E-state index >= 15 is 0 Å². The first kappa shape index (κ1) is 9.25. The van der Waals surface area contributed by atoms with Gasteiger partial charge in [0, 0.05) is 0 Å². The quantitative estimate of drug-likeness (QED) is 0.651. The summed E-state index contributed by atoms with van der Waals surface area (Å²) in [6.45, 7) is 0. The van der Waals surface area contributed by atoms with Crippen LogP contribution in [-0.2, 0) is 6.18 Å². The van der Waals surface area contributed by atoms with E-state index in [0.29, 0.717) is 6.20 Å². The van der Waals surface area contributed by atoms with E-state index in [0.717, 1.165) is 0 Å². The summed E-state index contributed by atoms with van der Waals surface area (Å²) in [6.07, 6.45) is -4.16. The van der Waals surface area contributed by atoms with Crippen LogP contribution in [0.3, 0.4) is 0 Å². The molecule has 1 aromatic heterocycles. The maximum Gasteiger partial charge on any atom is 0.432 e. The molecule has 0 spiro atoms. The Morgan fingerprint density at radius 1 is 1.54 bits per heavy atom. The third kappa shape index (κ3) is 1.84.